The first-order valence-electron chi connectivity index (χ1n) is 7.92. The fourth-order valence-electron chi connectivity index (χ4n) is 2.84. The molecule has 0 radical (unpaired) electrons. The lowest BCUT2D eigenvalue weighted by Gasteiger charge is -2.32. The molecule has 0 spiro atoms. The molecule has 0 amide bonds. The molecule has 106 valence electrons. The Hall–Kier alpha value is -0.120. The largest absolute Gasteiger partial charge is 0.377 e. The van der Waals surface area contributed by atoms with E-state index in [1.807, 2.05) is 0 Å². The highest BCUT2D eigenvalue weighted by atomic mass is 16.5. The summed E-state index contributed by atoms with van der Waals surface area (Å²) in [5.74, 6) is 0. The second-order valence-electron chi connectivity index (χ2n) is 5.87. The Morgan fingerprint density at radius 3 is 2.83 bits per heavy atom. The molecule has 1 N–H and O–H groups in total. The first-order valence-corrected chi connectivity index (χ1v) is 7.92. The van der Waals surface area contributed by atoms with E-state index in [2.05, 4.69) is 24.1 Å². The van der Waals surface area contributed by atoms with E-state index in [0.29, 0.717) is 12.1 Å². The summed E-state index contributed by atoms with van der Waals surface area (Å²) in [6.45, 7) is 9.01. The molecule has 2 unspecified atom stereocenters. The van der Waals surface area contributed by atoms with Gasteiger partial charge in [-0.3, -0.25) is 4.90 Å². The van der Waals surface area contributed by atoms with Crippen molar-refractivity contribution in [3.8, 4) is 0 Å². The van der Waals surface area contributed by atoms with Crippen LogP contribution in [0.3, 0.4) is 0 Å². The van der Waals surface area contributed by atoms with Crippen LogP contribution in [0.5, 0.6) is 0 Å². The molecule has 1 aliphatic carbocycles. The van der Waals surface area contributed by atoms with E-state index in [9.17, 15) is 0 Å². The van der Waals surface area contributed by atoms with E-state index >= 15 is 0 Å². The zero-order valence-electron chi connectivity index (χ0n) is 12.2. The Labute approximate surface area is 112 Å². The minimum atomic E-state index is 0.452. The van der Waals surface area contributed by atoms with Gasteiger partial charge in [0.1, 0.15) is 0 Å². The van der Waals surface area contributed by atoms with Crippen LogP contribution in [-0.4, -0.2) is 49.3 Å². The van der Waals surface area contributed by atoms with Gasteiger partial charge in [0.15, 0.2) is 0 Å². The maximum Gasteiger partial charge on any atom is 0.0699 e. The molecule has 0 aromatic carbocycles. The van der Waals surface area contributed by atoms with E-state index in [4.69, 9.17) is 4.74 Å². The summed E-state index contributed by atoms with van der Waals surface area (Å²) < 4.78 is 5.89. The van der Waals surface area contributed by atoms with Crippen molar-refractivity contribution in [1.82, 2.24) is 10.2 Å². The van der Waals surface area contributed by atoms with Crippen LogP contribution < -0.4 is 5.32 Å². The summed E-state index contributed by atoms with van der Waals surface area (Å²) in [7, 11) is 0. The van der Waals surface area contributed by atoms with E-state index in [0.717, 1.165) is 25.6 Å². The van der Waals surface area contributed by atoms with Crippen molar-refractivity contribution in [3.63, 3.8) is 0 Å². The first-order chi connectivity index (χ1) is 8.83. The minimum Gasteiger partial charge on any atom is -0.377 e. The number of ether oxygens (including phenoxy) is 1. The molecule has 1 saturated heterocycles. The van der Waals surface area contributed by atoms with Gasteiger partial charge in [-0.05, 0) is 32.1 Å². The van der Waals surface area contributed by atoms with Crippen LogP contribution in [0.15, 0.2) is 0 Å². The highest BCUT2D eigenvalue weighted by Gasteiger charge is 2.26. The summed E-state index contributed by atoms with van der Waals surface area (Å²) in [6.07, 6.45) is 8.17. The molecule has 1 heterocycles. The lowest BCUT2D eigenvalue weighted by atomic mass is 10.1. The fraction of sp³-hybridized carbons (Fsp3) is 1.00. The van der Waals surface area contributed by atoms with Gasteiger partial charge in [0.2, 0.25) is 0 Å². The molecular formula is C15H30N2O. The van der Waals surface area contributed by atoms with Gasteiger partial charge in [0.05, 0.1) is 6.10 Å². The van der Waals surface area contributed by atoms with Gasteiger partial charge in [0.25, 0.3) is 0 Å². The van der Waals surface area contributed by atoms with Crippen molar-refractivity contribution in [2.24, 2.45) is 0 Å². The van der Waals surface area contributed by atoms with Crippen molar-refractivity contribution in [2.45, 2.75) is 70.6 Å². The van der Waals surface area contributed by atoms with E-state index in [-0.39, 0.29) is 0 Å². The summed E-state index contributed by atoms with van der Waals surface area (Å²) in [4.78, 5) is 2.68. The standard InChI is InChI=1S/C15H30N2O/c1-3-6-14(11-16-13-7-8-13)17-9-5-10-18-15(4-2)12-17/h13-16H,3-12H2,1-2H3. The Kier molecular flexibility index (Phi) is 5.93. The third-order valence-corrected chi connectivity index (χ3v) is 4.19. The molecule has 18 heavy (non-hydrogen) atoms. The summed E-state index contributed by atoms with van der Waals surface area (Å²) in [5.41, 5.74) is 0. The maximum atomic E-state index is 5.89. The van der Waals surface area contributed by atoms with Crippen LogP contribution in [0.1, 0.15) is 52.4 Å². The SMILES string of the molecule is CCCC(CNC1CC1)N1CCCOC(CC)C1. The van der Waals surface area contributed by atoms with Crippen molar-refractivity contribution < 1.29 is 4.74 Å². The Bertz CT molecular complexity index is 231. The van der Waals surface area contributed by atoms with Crippen LogP contribution in [0.2, 0.25) is 0 Å². The van der Waals surface area contributed by atoms with Crippen LogP contribution in [0.4, 0.5) is 0 Å². The van der Waals surface area contributed by atoms with Crippen LogP contribution in [0.25, 0.3) is 0 Å². The van der Waals surface area contributed by atoms with Gasteiger partial charge >= 0.3 is 0 Å². The van der Waals surface area contributed by atoms with Crippen molar-refractivity contribution in [3.05, 3.63) is 0 Å². The molecule has 1 saturated carbocycles. The second-order valence-corrected chi connectivity index (χ2v) is 5.87. The highest BCUT2D eigenvalue weighted by Crippen LogP contribution is 2.20. The Morgan fingerprint density at radius 1 is 1.33 bits per heavy atom. The molecule has 3 heteroatoms. The number of nitrogens with zero attached hydrogens (tertiary/aromatic N) is 1. The predicted molar refractivity (Wildman–Crippen MR) is 75.9 cm³/mol. The smallest absolute Gasteiger partial charge is 0.0699 e. The minimum absolute atomic E-state index is 0.452. The van der Waals surface area contributed by atoms with Crippen LogP contribution >= 0.6 is 0 Å². The number of hydrogen-bond donors (Lipinski definition) is 1. The fourth-order valence-corrected chi connectivity index (χ4v) is 2.84. The van der Waals surface area contributed by atoms with Crippen LogP contribution in [0, 0.1) is 0 Å². The molecule has 3 nitrogen and oxygen atoms in total. The van der Waals surface area contributed by atoms with E-state index in [1.54, 1.807) is 0 Å². The van der Waals surface area contributed by atoms with Crippen LogP contribution in [-0.2, 0) is 4.74 Å². The molecule has 2 aliphatic rings. The molecule has 0 bridgehead atoms. The van der Waals surface area contributed by atoms with E-state index < -0.39 is 0 Å². The third-order valence-electron chi connectivity index (χ3n) is 4.19. The monoisotopic (exact) mass is 254 g/mol. The summed E-state index contributed by atoms with van der Waals surface area (Å²) >= 11 is 0. The number of rotatable bonds is 7. The Balaban J connectivity index is 1.84. The third kappa shape index (κ3) is 4.52. The average Bonchev–Trinajstić information content (AvgIpc) is 3.20. The molecule has 1 aliphatic heterocycles. The summed E-state index contributed by atoms with van der Waals surface area (Å²) in [6, 6.07) is 1.54. The topological polar surface area (TPSA) is 24.5 Å². The molecule has 0 aromatic heterocycles. The van der Waals surface area contributed by atoms with Crippen molar-refractivity contribution in [2.75, 3.05) is 26.2 Å². The second kappa shape index (κ2) is 7.46. The van der Waals surface area contributed by atoms with Gasteiger partial charge < -0.3 is 10.1 Å². The lowest BCUT2D eigenvalue weighted by molar-refractivity contribution is 0.0444. The van der Waals surface area contributed by atoms with Crippen molar-refractivity contribution in [1.29, 1.82) is 0 Å². The summed E-state index contributed by atoms with van der Waals surface area (Å²) in [5, 5.41) is 3.71. The van der Waals surface area contributed by atoms with Gasteiger partial charge in [-0.2, -0.15) is 0 Å². The molecular weight excluding hydrogens is 224 g/mol. The van der Waals surface area contributed by atoms with Gasteiger partial charge in [0, 0.05) is 38.3 Å². The molecule has 2 atom stereocenters. The number of nitrogens with one attached hydrogen (secondary N) is 1. The normalized spacial score (nSPS) is 28.0. The van der Waals surface area contributed by atoms with Gasteiger partial charge in [-0.1, -0.05) is 20.3 Å². The quantitative estimate of drug-likeness (QED) is 0.755. The zero-order chi connectivity index (χ0) is 12.8. The average molecular weight is 254 g/mol. The zero-order valence-corrected chi connectivity index (χ0v) is 12.2. The van der Waals surface area contributed by atoms with Crippen molar-refractivity contribution >= 4 is 0 Å². The highest BCUT2D eigenvalue weighted by molar-refractivity contribution is 4.85. The van der Waals surface area contributed by atoms with E-state index in [1.165, 1.54) is 45.2 Å². The lowest BCUT2D eigenvalue weighted by Crippen LogP contribution is -2.45. The first kappa shape index (κ1) is 14.3. The molecule has 0 aromatic rings. The molecule has 2 rings (SSSR count). The Morgan fingerprint density at radius 2 is 2.17 bits per heavy atom. The maximum absolute atomic E-state index is 5.89. The van der Waals surface area contributed by atoms with Gasteiger partial charge in [-0.25, -0.2) is 0 Å². The number of hydrogen-bond acceptors (Lipinski definition) is 3. The van der Waals surface area contributed by atoms with Gasteiger partial charge in [-0.15, -0.1) is 0 Å². The molecule has 2 fully saturated rings. The predicted octanol–water partition coefficient (Wildman–Crippen LogP) is 2.41.